The maximum Gasteiger partial charge on any atom is 0.0250 e. The Hall–Kier alpha value is 0.270. The lowest BCUT2D eigenvalue weighted by Gasteiger charge is -2.46. The second-order valence-corrected chi connectivity index (χ2v) is 7.24. The van der Waals surface area contributed by atoms with E-state index in [0.717, 1.165) is 17.7 Å². The van der Waals surface area contributed by atoms with Crippen LogP contribution in [0.25, 0.3) is 0 Å². The first-order valence-electron chi connectivity index (χ1n) is 7.31. The van der Waals surface area contributed by atoms with Crippen LogP contribution in [0.4, 0.5) is 0 Å². The van der Waals surface area contributed by atoms with Crippen LogP contribution in [-0.2, 0) is 0 Å². The van der Waals surface area contributed by atoms with E-state index >= 15 is 0 Å². The number of nitrogens with zero attached hydrogens (tertiary/aromatic N) is 1. The molecule has 0 amide bonds. The highest BCUT2D eigenvalue weighted by Gasteiger charge is 2.34. The zero-order valence-electron chi connectivity index (χ0n) is 11.4. The predicted octanol–water partition coefficient (Wildman–Crippen LogP) is 2.72. The lowest BCUT2D eigenvalue weighted by Crippen LogP contribution is -2.55. The van der Waals surface area contributed by atoms with Crippen molar-refractivity contribution in [2.45, 2.75) is 63.3 Å². The van der Waals surface area contributed by atoms with Gasteiger partial charge in [0.15, 0.2) is 0 Å². The van der Waals surface area contributed by atoms with Crippen LogP contribution in [0.15, 0.2) is 0 Å². The van der Waals surface area contributed by atoms with Gasteiger partial charge in [-0.05, 0) is 25.7 Å². The van der Waals surface area contributed by atoms with Crippen LogP contribution >= 0.6 is 11.8 Å². The van der Waals surface area contributed by atoms with Crippen molar-refractivity contribution in [1.82, 2.24) is 4.90 Å². The lowest BCUT2D eigenvalue weighted by atomic mass is 9.82. The van der Waals surface area contributed by atoms with Crippen molar-refractivity contribution >= 4 is 11.8 Å². The summed E-state index contributed by atoms with van der Waals surface area (Å²) in [7, 11) is 0. The molecule has 100 valence electrons. The van der Waals surface area contributed by atoms with Crippen LogP contribution in [0, 0.1) is 5.92 Å². The second kappa shape index (κ2) is 6.44. The Kier molecular flexibility index (Phi) is 5.19. The van der Waals surface area contributed by atoms with Gasteiger partial charge in [0.05, 0.1) is 0 Å². The predicted molar refractivity (Wildman–Crippen MR) is 77.5 cm³/mol. The van der Waals surface area contributed by atoms with Crippen molar-refractivity contribution < 1.29 is 0 Å². The van der Waals surface area contributed by atoms with Crippen molar-refractivity contribution in [1.29, 1.82) is 0 Å². The van der Waals surface area contributed by atoms with Crippen molar-refractivity contribution in [2.75, 3.05) is 18.8 Å². The summed E-state index contributed by atoms with van der Waals surface area (Å²) >= 11 is 2.12. The highest BCUT2D eigenvalue weighted by molar-refractivity contribution is 8.00. The molecule has 0 spiro atoms. The average molecular weight is 256 g/mol. The van der Waals surface area contributed by atoms with Crippen LogP contribution < -0.4 is 5.73 Å². The fourth-order valence-electron chi connectivity index (χ4n) is 3.54. The molecule has 1 aliphatic carbocycles. The molecule has 17 heavy (non-hydrogen) atoms. The minimum Gasteiger partial charge on any atom is -0.329 e. The molecule has 3 unspecified atom stereocenters. The number of hydrogen-bond acceptors (Lipinski definition) is 3. The third-order valence-corrected chi connectivity index (χ3v) is 6.13. The summed E-state index contributed by atoms with van der Waals surface area (Å²) < 4.78 is 0. The molecular weight excluding hydrogens is 228 g/mol. The smallest absolute Gasteiger partial charge is 0.0250 e. The van der Waals surface area contributed by atoms with E-state index in [0.29, 0.717) is 12.1 Å². The third kappa shape index (κ3) is 3.18. The largest absolute Gasteiger partial charge is 0.329 e. The molecule has 0 aromatic carbocycles. The van der Waals surface area contributed by atoms with E-state index in [9.17, 15) is 0 Å². The molecule has 2 fully saturated rings. The summed E-state index contributed by atoms with van der Waals surface area (Å²) in [4.78, 5) is 2.72. The van der Waals surface area contributed by atoms with Gasteiger partial charge in [-0.15, -0.1) is 0 Å². The topological polar surface area (TPSA) is 29.3 Å². The first kappa shape index (κ1) is 13.7. The fourth-order valence-corrected chi connectivity index (χ4v) is 4.66. The van der Waals surface area contributed by atoms with Gasteiger partial charge in [-0.2, -0.15) is 11.8 Å². The monoisotopic (exact) mass is 256 g/mol. The van der Waals surface area contributed by atoms with E-state index in [1.165, 1.54) is 44.4 Å². The molecule has 3 atom stereocenters. The van der Waals surface area contributed by atoms with Gasteiger partial charge in [0.1, 0.15) is 0 Å². The minimum atomic E-state index is 0.647. The first-order chi connectivity index (χ1) is 8.24. The Morgan fingerprint density at radius 3 is 2.59 bits per heavy atom. The van der Waals surface area contributed by atoms with Crippen molar-refractivity contribution in [3.05, 3.63) is 0 Å². The molecule has 2 N–H and O–H groups in total. The lowest BCUT2D eigenvalue weighted by molar-refractivity contribution is 0.0885. The fraction of sp³-hybridized carbons (Fsp3) is 1.00. The van der Waals surface area contributed by atoms with Gasteiger partial charge >= 0.3 is 0 Å². The van der Waals surface area contributed by atoms with Gasteiger partial charge in [-0.25, -0.2) is 0 Å². The van der Waals surface area contributed by atoms with Crippen LogP contribution in [0.5, 0.6) is 0 Å². The molecule has 1 saturated heterocycles. The molecule has 3 heteroatoms. The maximum atomic E-state index is 6.09. The Morgan fingerprint density at radius 2 is 1.94 bits per heavy atom. The van der Waals surface area contributed by atoms with Crippen molar-refractivity contribution in [3.8, 4) is 0 Å². The molecular formula is C14H28N2S. The maximum absolute atomic E-state index is 6.09. The normalized spacial score (nSPS) is 34.8. The Labute approximate surface area is 111 Å². The van der Waals surface area contributed by atoms with Gasteiger partial charge in [-0.1, -0.05) is 26.2 Å². The van der Waals surface area contributed by atoms with Crippen LogP contribution in [-0.4, -0.2) is 41.1 Å². The van der Waals surface area contributed by atoms with E-state index in [4.69, 9.17) is 5.73 Å². The molecule has 0 bridgehead atoms. The summed E-state index contributed by atoms with van der Waals surface area (Å²) in [6.07, 6.45) is 7.11. The molecule has 1 aliphatic heterocycles. The minimum absolute atomic E-state index is 0.647. The highest BCUT2D eigenvalue weighted by atomic mass is 32.2. The molecule has 0 aromatic heterocycles. The Balaban J connectivity index is 2.00. The SMILES string of the molecule is CC1SCCN(C(CN)C2CCCCC2)C1C. The van der Waals surface area contributed by atoms with Gasteiger partial charge < -0.3 is 5.73 Å². The molecule has 2 aliphatic rings. The number of hydrogen-bond donors (Lipinski definition) is 1. The summed E-state index contributed by atoms with van der Waals surface area (Å²) in [5.74, 6) is 2.15. The summed E-state index contributed by atoms with van der Waals surface area (Å²) in [5, 5.41) is 0.765. The molecule has 2 nitrogen and oxygen atoms in total. The molecule has 0 radical (unpaired) electrons. The quantitative estimate of drug-likeness (QED) is 0.842. The van der Waals surface area contributed by atoms with E-state index in [-0.39, 0.29) is 0 Å². The molecule has 0 aromatic rings. The van der Waals surface area contributed by atoms with E-state index in [1.807, 2.05) is 0 Å². The van der Waals surface area contributed by atoms with Crippen LogP contribution in [0.1, 0.15) is 46.0 Å². The molecule has 1 heterocycles. The Morgan fingerprint density at radius 1 is 1.24 bits per heavy atom. The van der Waals surface area contributed by atoms with E-state index in [2.05, 4.69) is 30.5 Å². The van der Waals surface area contributed by atoms with Gasteiger partial charge in [0.25, 0.3) is 0 Å². The number of rotatable bonds is 3. The summed E-state index contributed by atoms with van der Waals surface area (Å²) in [6.45, 7) is 6.86. The van der Waals surface area contributed by atoms with Crippen molar-refractivity contribution in [3.63, 3.8) is 0 Å². The van der Waals surface area contributed by atoms with E-state index < -0.39 is 0 Å². The molecule has 2 rings (SSSR count). The third-order valence-electron chi connectivity index (χ3n) is 4.79. The zero-order chi connectivity index (χ0) is 12.3. The zero-order valence-corrected chi connectivity index (χ0v) is 12.2. The van der Waals surface area contributed by atoms with Crippen LogP contribution in [0.2, 0.25) is 0 Å². The number of nitrogens with two attached hydrogens (primary N) is 1. The summed E-state index contributed by atoms with van der Waals surface area (Å²) in [6, 6.07) is 1.35. The van der Waals surface area contributed by atoms with Gasteiger partial charge in [0, 0.05) is 36.2 Å². The van der Waals surface area contributed by atoms with Crippen LogP contribution in [0.3, 0.4) is 0 Å². The van der Waals surface area contributed by atoms with Gasteiger partial charge in [-0.3, -0.25) is 4.90 Å². The summed E-state index contributed by atoms with van der Waals surface area (Å²) in [5.41, 5.74) is 6.09. The number of thioether (sulfide) groups is 1. The molecule has 1 saturated carbocycles. The average Bonchev–Trinajstić information content (AvgIpc) is 2.37. The second-order valence-electron chi connectivity index (χ2n) is 5.76. The Bertz CT molecular complexity index is 228. The van der Waals surface area contributed by atoms with E-state index in [1.54, 1.807) is 0 Å². The van der Waals surface area contributed by atoms with Gasteiger partial charge in [0.2, 0.25) is 0 Å². The highest BCUT2D eigenvalue weighted by Crippen LogP contribution is 2.33. The first-order valence-corrected chi connectivity index (χ1v) is 8.36. The standard InChI is InChI=1S/C14H28N2S/c1-11-12(2)17-9-8-16(11)14(10-15)13-6-4-3-5-7-13/h11-14H,3-10,15H2,1-2H3. The van der Waals surface area contributed by atoms with Crippen molar-refractivity contribution in [2.24, 2.45) is 11.7 Å².